The number of benzene rings is 1. The number of phenolic OH excluding ortho intramolecular Hbond substituents is 1. The van der Waals surface area contributed by atoms with Gasteiger partial charge < -0.3 is 10.0 Å². The van der Waals surface area contributed by atoms with Gasteiger partial charge in [0.05, 0.1) is 12.8 Å². The molecule has 1 aromatic heterocycles. The molecule has 0 radical (unpaired) electrons. The normalized spacial score (nSPS) is 17.4. The number of para-hydroxylation sites is 1. The molecule has 0 atom stereocenters. The molecule has 0 saturated heterocycles. The predicted octanol–water partition coefficient (Wildman–Crippen LogP) is 3.80. The van der Waals surface area contributed by atoms with E-state index in [0.29, 0.717) is 11.3 Å². The summed E-state index contributed by atoms with van der Waals surface area (Å²) in [7, 11) is -1.40. The van der Waals surface area contributed by atoms with E-state index in [0.717, 1.165) is 35.2 Å². The van der Waals surface area contributed by atoms with Gasteiger partial charge in [0.1, 0.15) is 11.4 Å². The van der Waals surface area contributed by atoms with Crippen LogP contribution < -0.4 is 4.90 Å². The van der Waals surface area contributed by atoms with E-state index in [1.807, 2.05) is 73.5 Å². The van der Waals surface area contributed by atoms with Crippen molar-refractivity contribution in [3.8, 4) is 5.75 Å². The lowest BCUT2D eigenvalue weighted by Crippen LogP contribution is -2.18. The molecule has 2 aromatic rings. The molecule has 2 heterocycles. The van der Waals surface area contributed by atoms with Gasteiger partial charge in [-0.15, -0.1) is 0 Å². The summed E-state index contributed by atoms with van der Waals surface area (Å²) in [4.78, 5) is 18.8. The van der Waals surface area contributed by atoms with Gasteiger partial charge in [-0.2, -0.15) is 8.42 Å². The summed E-state index contributed by atoms with van der Waals surface area (Å²) in [5.74, 6) is 0.157. The Bertz CT molecular complexity index is 1290. The van der Waals surface area contributed by atoms with E-state index >= 15 is 0 Å². The summed E-state index contributed by atoms with van der Waals surface area (Å²) in [6, 6.07) is 9.20. The maximum Gasteiger partial charge on any atom is 0.397 e. The highest BCUT2D eigenvalue weighted by atomic mass is 32.3. The Balaban J connectivity index is 0.000000427. The van der Waals surface area contributed by atoms with Crippen LogP contribution in [0.4, 0.5) is 5.69 Å². The third kappa shape index (κ3) is 5.02. The average molecular weight is 455 g/mol. The maximum atomic E-state index is 12.7. The van der Waals surface area contributed by atoms with Crippen molar-refractivity contribution in [1.82, 2.24) is 4.98 Å². The second-order valence-electron chi connectivity index (χ2n) is 6.97. The number of likely N-dealkylation sites (N-methyl/N-ethyl adjacent to an activating group) is 1. The standard InChI is InChI=1S/C22H18N2O2.CH4O4S/c1-14-13-16(22(26)20-18(14)6-4-12-23-20)9-11-17-10-8-15-5-3-7-19(25)21(15)24(17)2;1-5-6(2,3)4/h3-13,25H,1-2H3;1H3,(H,2,3,4)/b16-9+,17-11-;. The van der Waals surface area contributed by atoms with Crippen molar-refractivity contribution in [2.75, 3.05) is 19.1 Å². The highest BCUT2D eigenvalue weighted by Crippen LogP contribution is 2.37. The van der Waals surface area contributed by atoms with Gasteiger partial charge in [0, 0.05) is 35.6 Å². The van der Waals surface area contributed by atoms with E-state index in [9.17, 15) is 18.3 Å². The number of carbonyl (C=O) groups is 1. The molecule has 8 nitrogen and oxygen atoms in total. The third-order valence-corrected chi connectivity index (χ3v) is 5.35. The smallest absolute Gasteiger partial charge is 0.397 e. The van der Waals surface area contributed by atoms with Crippen LogP contribution in [-0.4, -0.2) is 43.0 Å². The number of hydrogen-bond acceptors (Lipinski definition) is 7. The Kier molecular flexibility index (Phi) is 6.73. The maximum absolute atomic E-state index is 12.7. The number of Topliss-reactive ketones (excluding diaryl/α,β-unsaturated/α-hetero) is 1. The van der Waals surface area contributed by atoms with Gasteiger partial charge in [0.15, 0.2) is 0 Å². The van der Waals surface area contributed by atoms with Gasteiger partial charge in [-0.1, -0.05) is 24.3 Å². The minimum absolute atomic E-state index is 0.0752. The minimum atomic E-state index is -4.16. The zero-order valence-corrected chi connectivity index (χ0v) is 18.5. The largest absolute Gasteiger partial charge is 0.506 e. The molecular formula is C23H22N2O6S. The highest BCUT2D eigenvalue weighted by Gasteiger charge is 2.22. The van der Waals surface area contributed by atoms with Crippen molar-refractivity contribution in [3.63, 3.8) is 0 Å². The second-order valence-corrected chi connectivity index (χ2v) is 8.16. The zero-order chi connectivity index (χ0) is 23.5. The van der Waals surface area contributed by atoms with Crippen molar-refractivity contribution in [1.29, 1.82) is 0 Å². The number of anilines is 1. The number of ketones is 1. The number of hydrogen-bond donors (Lipinski definition) is 2. The summed E-state index contributed by atoms with van der Waals surface area (Å²) >= 11 is 0. The number of aromatic hydroxyl groups is 1. The SMILES string of the molecule is CC1=C/C(=C\C=C2\C=Cc3cccc(O)c3N2C)C(=O)c2ncccc21.COS(=O)(=O)O. The van der Waals surface area contributed by atoms with E-state index in [4.69, 9.17) is 4.55 Å². The van der Waals surface area contributed by atoms with Crippen molar-refractivity contribution in [2.45, 2.75) is 6.92 Å². The van der Waals surface area contributed by atoms with Crippen LogP contribution in [0.3, 0.4) is 0 Å². The van der Waals surface area contributed by atoms with Gasteiger partial charge in [-0.05, 0) is 48.9 Å². The first kappa shape index (κ1) is 23.1. The average Bonchev–Trinajstić information content (AvgIpc) is 2.76. The number of phenols is 1. The van der Waals surface area contributed by atoms with Crippen LogP contribution in [-0.2, 0) is 14.6 Å². The number of fused-ring (bicyclic) bond motifs is 2. The summed E-state index contributed by atoms with van der Waals surface area (Å²) in [6.07, 6.45) is 11.2. The number of aromatic nitrogens is 1. The first-order valence-corrected chi connectivity index (χ1v) is 10.9. The number of nitrogens with zero attached hydrogens (tertiary/aromatic N) is 2. The molecule has 0 saturated carbocycles. The fraction of sp³-hybridized carbons (Fsp3) is 0.130. The van der Waals surface area contributed by atoms with Crippen LogP contribution >= 0.6 is 0 Å². The molecular weight excluding hydrogens is 432 g/mol. The monoisotopic (exact) mass is 454 g/mol. The molecule has 1 aliphatic heterocycles. The molecule has 2 N–H and O–H groups in total. The Morgan fingerprint density at radius 1 is 1.12 bits per heavy atom. The minimum Gasteiger partial charge on any atom is -0.506 e. The van der Waals surface area contributed by atoms with E-state index in [1.54, 1.807) is 12.3 Å². The van der Waals surface area contributed by atoms with Gasteiger partial charge in [0.25, 0.3) is 0 Å². The number of rotatable bonds is 2. The van der Waals surface area contributed by atoms with Crippen LogP contribution in [0.2, 0.25) is 0 Å². The zero-order valence-electron chi connectivity index (χ0n) is 17.7. The first-order chi connectivity index (χ1) is 15.1. The van der Waals surface area contributed by atoms with Crippen LogP contribution in [0.1, 0.15) is 28.5 Å². The fourth-order valence-corrected chi connectivity index (χ4v) is 3.35. The predicted molar refractivity (Wildman–Crippen MR) is 122 cm³/mol. The van der Waals surface area contributed by atoms with Crippen LogP contribution in [0.25, 0.3) is 11.6 Å². The Morgan fingerprint density at radius 2 is 1.84 bits per heavy atom. The van der Waals surface area contributed by atoms with E-state index < -0.39 is 10.4 Å². The molecule has 166 valence electrons. The second kappa shape index (κ2) is 9.31. The number of carbonyl (C=O) groups excluding carboxylic acids is 1. The molecule has 32 heavy (non-hydrogen) atoms. The molecule has 9 heteroatoms. The van der Waals surface area contributed by atoms with E-state index in [-0.39, 0.29) is 11.5 Å². The summed E-state index contributed by atoms with van der Waals surface area (Å²) in [5, 5.41) is 10.2. The topological polar surface area (TPSA) is 117 Å². The Morgan fingerprint density at radius 3 is 2.53 bits per heavy atom. The summed E-state index contributed by atoms with van der Waals surface area (Å²) < 4.78 is 29.7. The molecule has 4 rings (SSSR count). The Labute approximate surface area is 186 Å². The molecule has 0 fully saturated rings. The lowest BCUT2D eigenvalue weighted by Gasteiger charge is -2.27. The molecule has 0 spiro atoms. The quantitative estimate of drug-likeness (QED) is 0.520. The van der Waals surface area contributed by atoms with Crippen LogP contribution in [0.5, 0.6) is 5.75 Å². The van der Waals surface area contributed by atoms with Gasteiger partial charge in [0.2, 0.25) is 5.78 Å². The third-order valence-electron chi connectivity index (χ3n) is 4.93. The van der Waals surface area contributed by atoms with Crippen molar-refractivity contribution in [2.24, 2.45) is 0 Å². The van der Waals surface area contributed by atoms with Crippen molar-refractivity contribution >= 4 is 33.5 Å². The highest BCUT2D eigenvalue weighted by molar-refractivity contribution is 7.80. The molecule has 2 aliphatic rings. The van der Waals surface area contributed by atoms with Crippen LogP contribution in [0.15, 0.2) is 72.1 Å². The first-order valence-electron chi connectivity index (χ1n) is 9.49. The summed E-state index contributed by atoms with van der Waals surface area (Å²) in [6.45, 7) is 1.98. The fourth-order valence-electron chi connectivity index (χ4n) is 3.35. The van der Waals surface area contributed by atoms with Gasteiger partial charge in [-0.25, -0.2) is 0 Å². The van der Waals surface area contributed by atoms with Gasteiger partial charge in [-0.3, -0.25) is 18.5 Å². The number of allylic oxidation sites excluding steroid dienone is 6. The molecule has 0 amide bonds. The lowest BCUT2D eigenvalue weighted by molar-refractivity contribution is 0.103. The molecule has 0 bridgehead atoms. The molecule has 1 aromatic carbocycles. The van der Waals surface area contributed by atoms with Crippen molar-refractivity contribution in [3.05, 3.63) is 88.9 Å². The molecule has 1 aliphatic carbocycles. The van der Waals surface area contributed by atoms with Crippen LogP contribution in [0, 0.1) is 0 Å². The lowest BCUT2D eigenvalue weighted by atomic mass is 9.91. The number of pyridine rings is 1. The van der Waals surface area contributed by atoms with E-state index in [2.05, 4.69) is 9.17 Å². The van der Waals surface area contributed by atoms with E-state index in [1.165, 1.54) is 0 Å². The summed E-state index contributed by atoms with van der Waals surface area (Å²) in [5.41, 5.74) is 5.60. The van der Waals surface area contributed by atoms with Gasteiger partial charge >= 0.3 is 10.4 Å². The van der Waals surface area contributed by atoms with Crippen molar-refractivity contribution < 1.29 is 27.1 Å². The Hall–Kier alpha value is -3.53. The molecule has 0 unspecified atom stereocenters.